The second-order valence-corrected chi connectivity index (χ2v) is 4.33. The third-order valence-corrected chi connectivity index (χ3v) is 2.42. The highest BCUT2D eigenvalue weighted by Gasteiger charge is 2.15. The number of hydrogen-bond donors (Lipinski definition) is 0. The molecule has 0 aromatic carbocycles. The topological polar surface area (TPSA) is 30.7 Å². The van der Waals surface area contributed by atoms with Crippen molar-refractivity contribution in [2.24, 2.45) is 7.05 Å². The molecule has 0 radical (unpaired) electrons. The third kappa shape index (κ3) is 2.44. The van der Waals surface area contributed by atoms with Crippen LogP contribution in [-0.2, 0) is 7.05 Å². The zero-order valence-electron chi connectivity index (χ0n) is 8.58. The average Bonchev–Trinajstić information content (AvgIpc) is 2.31. The van der Waals surface area contributed by atoms with Gasteiger partial charge in [-0.1, -0.05) is 6.92 Å². The van der Waals surface area contributed by atoms with Gasteiger partial charge in [0.1, 0.15) is 11.6 Å². The van der Waals surface area contributed by atoms with Gasteiger partial charge in [0, 0.05) is 18.3 Å². The summed E-state index contributed by atoms with van der Waals surface area (Å²) in [6, 6.07) is 0. The predicted octanol–water partition coefficient (Wildman–Crippen LogP) is 2.24. The van der Waals surface area contributed by atoms with Crippen LogP contribution in [0.1, 0.15) is 37.8 Å². The molecule has 0 fully saturated rings. The lowest BCUT2D eigenvalue weighted by atomic mass is 10.1. The Morgan fingerprint density at radius 3 is 2.38 bits per heavy atom. The minimum absolute atomic E-state index is 0.187. The maximum atomic E-state index is 5.92. The van der Waals surface area contributed by atoms with Crippen LogP contribution in [0.25, 0.3) is 0 Å². The van der Waals surface area contributed by atoms with Crippen molar-refractivity contribution in [1.29, 1.82) is 0 Å². The Bertz CT molecular complexity index is 280. The molecule has 0 spiro atoms. The Labute approximate surface area is 84.1 Å². The van der Waals surface area contributed by atoms with Crippen LogP contribution >= 0.6 is 11.6 Å². The Hall–Kier alpha value is -0.570. The monoisotopic (exact) mass is 201 g/mol. The molecule has 0 saturated carbocycles. The van der Waals surface area contributed by atoms with E-state index in [2.05, 4.69) is 17.1 Å². The van der Waals surface area contributed by atoms with Crippen molar-refractivity contribution in [1.82, 2.24) is 14.8 Å². The van der Waals surface area contributed by atoms with Crippen LogP contribution in [0.2, 0.25) is 0 Å². The van der Waals surface area contributed by atoms with Crippen molar-refractivity contribution in [2.75, 3.05) is 0 Å². The summed E-state index contributed by atoms with van der Waals surface area (Å²) in [5, 5.41) is 8.32. The normalized spacial score (nSPS) is 15.8. The van der Waals surface area contributed by atoms with Crippen LogP contribution in [0.4, 0.5) is 0 Å². The van der Waals surface area contributed by atoms with Gasteiger partial charge in [0.15, 0.2) is 0 Å². The Balaban J connectivity index is 2.76. The summed E-state index contributed by atoms with van der Waals surface area (Å²) in [4.78, 5) is 0. The first-order chi connectivity index (χ1) is 6.02. The van der Waals surface area contributed by atoms with E-state index in [0.29, 0.717) is 5.92 Å². The van der Waals surface area contributed by atoms with Gasteiger partial charge < -0.3 is 4.57 Å². The van der Waals surface area contributed by atoms with Gasteiger partial charge in [0.2, 0.25) is 0 Å². The first kappa shape index (κ1) is 10.5. The number of nitrogens with zero attached hydrogens (tertiary/aromatic N) is 3. The van der Waals surface area contributed by atoms with Gasteiger partial charge in [-0.2, -0.15) is 0 Å². The van der Waals surface area contributed by atoms with Gasteiger partial charge in [0.25, 0.3) is 0 Å². The zero-order valence-corrected chi connectivity index (χ0v) is 9.34. The van der Waals surface area contributed by atoms with Crippen LogP contribution in [0.5, 0.6) is 0 Å². The van der Waals surface area contributed by atoms with E-state index in [1.165, 1.54) is 0 Å². The molecule has 2 atom stereocenters. The van der Waals surface area contributed by atoms with E-state index in [1.807, 2.05) is 25.5 Å². The van der Waals surface area contributed by atoms with E-state index in [-0.39, 0.29) is 5.38 Å². The summed E-state index contributed by atoms with van der Waals surface area (Å²) in [7, 11) is 1.99. The minimum atomic E-state index is 0.187. The average molecular weight is 202 g/mol. The zero-order chi connectivity index (χ0) is 10.0. The summed E-state index contributed by atoms with van der Waals surface area (Å²) < 4.78 is 2.02. The predicted molar refractivity (Wildman–Crippen MR) is 54.1 cm³/mol. The van der Waals surface area contributed by atoms with Crippen LogP contribution in [0, 0.1) is 6.92 Å². The van der Waals surface area contributed by atoms with E-state index in [1.54, 1.807) is 0 Å². The van der Waals surface area contributed by atoms with Gasteiger partial charge in [-0.05, 0) is 20.3 Å². The highest BCUT2D eigenvalue weighted by Crippen LogP contribution is 2.20. The number of halogens is 1. The summed E-state index contributed by atoms with van der Waals surface area (Å²) in [6.07, 6.45) is 0.938. The lowest BCUT2D eigenvalue weighted by Gasteiger charge is -2.11. The molecule has 0 saturated heterocycles. The molecule has 13 heavy (non-hydrogen) atoms. The summed E-state index contributed by atoms with van der Waals surface area (Å²) in [5.74, 6) is 2.34. The van der Waals surface area contributed by atoms with Gasteiger partial charge in [-0.15, -0.1) is 21.8 Å². The molecular formula is C9H16ClN3. The van der Waals surface area contributed by atoms with Crippen molar-refractivity contribution in [3.8, 4) is 0 Å². The SMILES string of the molecule is Cc1nnc(C(C)CC(C)Cl)n1C. The van der Waals surface area contributed by atoms with Crippen LogP contribution in [0.3, 0.4) is 0 Å². The molecule has 4 heteroatoms. The van der Waals surface area contributed by atoms with Gasteiger partial charge in [-0.25, -0.2) is 0 Å². The molecule has 0 N–H and O–H groups in total. The first-order valence-corrected chi connectivity index (χ1v) is 4.96. The molecule has 1 heterocycles. The fourth-order valence-corrected chi connectivity index (χ4v) is 1.71. The van der Waals surface area contributed by atoms with E-state index < -0.39 is 0 Å². The quantitative estimate of drug-likeness (QED) is 0.703. The van der Waals surface area contributed by atoms with Crippen molar-refractivity contribution in [3.63, 3.8) is 0 Å². The fraction of sp³-hybridized carbons (Fsp3) is 0.778. The summed E-state index contributed by atoms with van der Waals surface area (Å²) >= 11 is 5.92. The molecule has 3 nitrogen and oxygen atoms in total. The maximum Gasteiger partial charge on any atom is 0.135 e. The Morgan fingerprint density at radius 2 is 2.00 bits per heavy atom. The lowest BCUT2D eigenvalue weighted by Crippen LogP contribution is -2.07. The Morgan fingerprint density at radius 1 is 1.38 bits per heavy atom. The van der Waals surface area contributed by atoms with Crippen molar-refractivity contribution in [3.05, 3.63) is 11.6 Å². The molecule has 0 amide bonds. The van der Waals surface area contributed by atoms with E-state index in [0.717, 1.165) is 18.1 Å². The highest BCUT2D eigenvalue weighted by atomic mass is 35.5. The molecule has 2 unspecified atom stereocenters. The molecular weight excluding hydrogens is 186 g/mol. The molecule has 1 aromatic rings. The van der Waals surface area contributed by atoms with Crippen molar-refractivity contribution in [2.45, 2.75) is 38.5 Å². The standard InChI is InChI=1S/C9H16ClN3/c1-6(5-7(2)10)9-12-11-8(3)13(9)4/h6-7H,5H2,1-4H3. The number of hydrogen-bond acceptors (Lipinski definition) is 2. The van der Waals surface area contributed by atoms with Crippen molar-refractivity contribution >= 4 is 11.6 Å². The largest absolute Gasteiger partial charge is 0.318 e. The van der Waals surface area contributed by atoms with Crippen LogP contribution < -0.4 is 0 Å². The number of alkyl halides is 1. The second kappa shape index (κ2) is 4.09. The molecule has 74 valence electrons. The minimum Gasteiger partial charge on any atom is -0.318 e. The number of aryl methyl sites for hydroxylation is 1. The maximum absolute atomic E-state index is 5.92. The van der Waals surface area contributed by atoms with Gasteiger partial charge >= 0.3 is 0 Å². The van der Waals surface area contributed by atoms with E-state index in [4.69, 9.17) is 11.6 Å². The van der Waals surface area contributed by atoms with Crippen LogP contribution in [-0.4, -0.2) is 20.1 Å². The van der Waals surface area contributed by atoms with Gasteiger partial charge in [0.05, 0.1) is 0 Å². The summed E-state index contributed by atoms with van der Waals surface area (Å²) in [6.45, 7) is 6.08. The van der Waals surface area contributed by atoms with Gasteiger partial charge in [-0.3, -0.25) is 0 Å². The second-order valence-electron chi connectivity index (χ2n) is 3.58. The smallest absolute Gasteiger partial charge is 0.135 e. The van der Waals surface area contributed by atoms with E-state index in [9.17, 15) is 0 Å². The van der Waals surface area contributed by atoms with Crippen LogP contribution in [0.15, 0.2) is 0 Å². The highest BCUT2D eigenvalue weighted by molar-refractivity contribution is 6.20. The third-order valence-electron chi connectivity index (χ3n) is 2.25. The number of aromatic nitrogens is 3. The Kier molecular flexibility index (Phi) is 3.31. The summed E-state index contributed by atoms with van der Waals surface area (Å²) in [5.41, 5.74) is 0. The molecule has 0 aliphatic heterocycles. The fourth-order valence-electron chi connectivity index (χ4n) is 1.45. The number of rotatable bonds is 3. The molecule has 0 aliphatic rings. The molecule has 0 aliphatic carbocycles. The van der Waals surface area contributed by atoms with E-state index >= 15 is 0 Å². The molecule has 0 bridgehead atoms. The van der Waals surface area contributed by atoms with Crippen molar-refractivity contribution < 1.29 is 0 Å². The molecule has 1 rings (SSSR count). The lowest BCUT2D eigenvalue weighted by molar-refractivity contribution is 0.601. The first-order valence-electron chi connectivity index (χ1n) is 4.52. The molecule has 1 aromatic heterocycles.